The van der Waals surface area contributed by atoms with Gasteiger partial charge in [-0.1, -0.05) is 5.16 Å². The predicted octanol–water partition coefficient (Wildman–Crippen LogP) is 1.43. The third kappa shape index (κ3) is 2.47. The lowest BCUT2D eigenvalue weighted by atomic mass is 10.0. The first-order valence-corrected chi connectivity index (χ1v) is 6.07. The van der Waals surface area contributed by atoms with Gasteiger partial charge in [0.15, 0.2) is 11.5 Å². The number of ether oxygens (including phenoxy) is 2. The highest BCUT2D eigenvalue weighted by atomic mass is 16.6. The van der Waals surface area contributed by atoms with Gasteiger partial charge in [-0.2, -0.15) is 0 Å². The van der Waals surface area contributed by atoms with E-state index >= 15 is 0 Å². The Kier molecular flexibility index (Phi) is 2.98. The summed E-state index contributed by atoms with van der Waals surface area (Å²) in [6.07, 6.45) is 0.0597. The average molecular weight is 263 g/mol. The zero-order valence-corrected chi connectivity index (χ0v) is 10.2. The molecule has 0 saturated heterocycles. The van der Waals surface area contributed by atoms with Gasteiger partial charge in [0.25, 0.3) is 0 Å². The van der Waals surface area contributed by atoms with Crippen LogP contribution in [0.15, 0.2) is 23.4 Å². The zero-order chi connectivity index (χ0) is 13.2. The van der Waals surface area contributed by atoms with Crippen LogP contribution in [-0.4, -0.2) is 36.1 Å². The Morgan fingerprint density at radius 2 is 2.11 bits per heavy atom. The van der Waals surface area contributed by atoms with Crippen LogP contribution in [0.5, 0.6) is 11.5 Å². The Morgan fingerprint density at radius 3 is 2.89 bits per heavy atom. The van der Waals surface area contributed by atoms with Gasteiger partial charge in [0.1, 0.15) is 19.3 Å². The summed E-state index contributed by atoms with van der Waals surface area (Å²) >= 11 is 0. The van der Waals surface area contributed by atoms with Crippen LogP contribution in [-0.2, 0) is 9.63 Å². The average Bonchev–Trinajstić information content (AvgIpc) is 2.86. The number of carboxylic acid groups (broad SMARTS) is 1. The van der Waals surface area contributed by atoms with Crippen molar-refractivity contribution in [3.8, 4) is 11.5 Å². The molecule has 0 spiro atoms. The number of carbonyl (C=O) groups is 1. The molecule has 6 heteroatoms. The van der Waals surface area contributed by atoms with Crippen molar-refractivity contribution in [2.75, 3.05) is 13.2 Å². The lowest BCUT2D eigenvalue weighted by Gasteiger charge is -2.18. The molecule has 0 aliphatic carbocycles. The summed E-state index contributed by atoms with van der Waals surface area (Å²) in [6, 6.07) is 5.55. The van der Waals surface area contributed by atoms with E-state index in [1.165, 1.54) is 0 Å². The van der Waals surface area contributed by atoms with Gasteiger partial charge >= 0.3 is 5.97 Å². The molecule has 1 aromatic rings. The molecule has 0 bridgehead atoms. The summed E-state index contributed by atoms with van der Waals surface area (Å²) in [5.74, 6) is 0.522. The molecule has 0 aromatic heterocycles. The maximum atomic E-state index is 10.6. The number of fused-ring (bicyclic) bond motifs is 1. The molecule has 0 amide bonds. The van der Waals surface area contributed by atoms with Crippen LogP contribution in [0.2, 0.25) is 0 Å². The van der Waals surface area contributed by atoms with Crippen LogP contribution < -0.4 is 9.47 Å². The monoisotopic (exact) mass is 263 g/mol. The molecular formula is C13H13NO5. The second-order valence-corrected chi connectivity index (χ2v) is 4.43. The maximum absolute atomic E-state index is 10.6. The molecule has 1 N–H and O–H groups in total. The van der Waals surface area contributed by atoms with Gasteiger partial charge in [0.05, 0.1) is 12.1 Å². The highest BCUT2D eigenvalue weighted by Gasteiger charge is 2.25. The summed E-state index contributed by atoms with van der Waals surface area (Å²) in [5, 5.41) is 12.7. The van der Waals surface area contributed by atoms with Crippen molar-refractivity contribution in [3.63, 3.8) is 0 Å². The third-order valence-electron chi connectivity index (χ3n) is 3.01. The molecule has 3 rings (SSSR count). The van der Waals surface area contributed by atoms with Crippen LogP contribution in [0.3, 0.4) is 0 Å². The van der Waals surface area contributed by atoms with Crippen molar-refractivity contribution in [1.82, 2.24) is 0 Å². The number of hydrogen-bond acceptors (Lipinski definition) is 5. The fourth-order valence-electron chi connectivity index (χ4n) is 2.13. The maximum Gasteiger partial charge on any atom is 0.307 e. The van der Waals surface area contributed by atoms with Crippen molar-refractivity contribution in [2.24, 2.45) is 5.16 Å². The summed E-state index contributed by atoms with van der Waals surface area (Å²) in [7, 11) is 0. The fourth-order valence-corrected chi connectivity index (χ4v) is 2.13. The van der Waals surface area contributed by atoms with Crippen LogP contribution in [0.25, 0.3) is 0 Å². The topological polar surface area (TPSA) is 77.4 Å². The van der Waals surface area contributed by atoms with Crippen molar-refractivity contribution in [3.05, 3.63) is 23.8 Å². The van der Waals surface area contributed by atoms with Crippen molar-refractivity contribution >= 4 is 11.7 Å². The molecule has 0 saturated carbocycles. The Balaban J connectivity index is 1.75. The Labute approximate surface area is 109 Å². The summed E-state index contributed by atoms with van der Waals surface area (Å²) in [4.78, 5) is 15.7. The predicted molar refractivity (Wildman–Crippen MR) is 65.7 cm³/mol. The van der Waals surface area contributed by atoms with Gasteiger partial charge in [0, 0.05) is 12.0 Å². The van der Waals surface area contributed by atoms with E-state index in [1.54, 1.807) is 0 Å². The van der Waals surface area contributed by atoms with Crippen LogP contribution >= 0.6 is 0 Å². The van der Waals surface area contributed by atoms with Gasteiger partial charge < -0.3 is 19.4 Å². The lowest BCUT2D eigenvalue weighted by molar-refractivity contribution is -0.139. The minimum atomic E-state index is -0.886. The molecule has 100 valence electrons. The first-order valence-electron chi connectivity index (χ1n) is 6.07. The summed E-state index contributed by atoms with van der Waals surface area (Å²) in [6.45, 7) is 1.08. The summed E-state index contributed by atoms with van der Waals surface area (Å²) < 4.78 is 10.9. The van der Waals surface area contributed by atoms with E-state index in [9.17, 15) is 4.79 Å². The SMILES string of the molecule is O=C(O)CC1CC(c2ccc3c(c2)OCCO3)=NO1. The Hall–Kier alpha value is -2.24. The molecule has 2 heterocycles. The van der Waals surface area contributed by atoms with Crippen molar-refractivity contribution < 1.29 is 24.2 Å². The molecule has 1 atom stereocenters. The minimum absolute atomic E-state index is 0.0441. The molecular weight excluding hydrogens is 250 g/mol. The van der Waals surface area contributed by atoms with Gasteiger partial charge in [-0.25, -0.2) is 0 Å². The Morgan fingerprint density at radius 1 is 1.32 bits per heavy atom. The minimum Gasteiger partial charge on any atom is -0.486 e. The lowest BCUT2D eigenvalue weighted by Crippen LogP contribution is -2.16. The summed E-state index contributed by atoms with van der Waals surface area (Å²) in [5.41, 5.74) is 1.61. The number of hydrogen-bond donors (Lipinski definition) is 1. The van der Waals surface area contributed by atoms with Gasteiger partial charge in [-0.3, -0.25) is 4.79 Å². The third-order valence-corrected chi connectivity index (χ3v) is 3.01. The number of rotatable bonds is 3. The second-order valence-electron chi connectivity index (χ2n) is 4.43. The first-order chi connectivity index (χ1) is 9.22. The molecule has 1 unspecified atom stereocenters. The standard InChI is InChI=1S/C13H13NO5/c15-13(16)7-9-6-10(14-19-9)8-1-2-11-12(5-8)18-4-3-17-11/h1-2,5,9H,3-4,6-7H2,(H,15,16). The smallest absolute Gasteiger partial charge is 0.307 e. The van der Waals surface area contributed by atoms with E-state index in [2.05, 4.69) is 5.16 Å². The normalized spacial score (nSPS) is 20.6. The van der Waals surface area contributed by atoms with E-state index in [4.69, 9.17) is 19.4 Å². The molecule has 2 aliphatic heterocycles. The van der Waals surface area contributed by atoms with Crippen LogP contribution in [0, 0.1) is 0 Å². The van der Waals surface area contributed by atoms with Crippen molar-refractivity contribution in [1.29, 1.82) is 0 Å². The van der Waals surface area contributed by atoms with E-state index in [-0.39, 0.29) is 12.5 Å². The second kappa shape index (κ2) is 4.79. The van der Waals surface area contributed by atoms with E-state index in [0.717, 1.165) is 17.0 Å². The number of carboxylic acids is 1. The van der Waals surface area contributed by atoms with Gasteiger partial charge in [-0.15, -0.1) is 0 Å². The molecule has 0 fully saturated rings. The fraction of sp³-hybridized carbons (Fsp3) is 0.385. The molecule has 1 aromatic carbocycles. The van der Waals surface area contributed by atoms with Gasteiger partial charge in [-0.05, 0) is 18.2 Å². The van der Waals surface area contributed by atoms with Crippen LogP contribution in [0.4, 0.5) is 0 Å². The number of benzene rings is 1. The van der Waals surface area contributed by atoms with Gasteiger partial charge in [0.2, 0.25) is 0 Å². The molecule has 19 heavy (non-hydrogen) atoms. The van der Waals surface area contributed by atoms with E-state index in [1.807, 2.05) is 18.2 Å². The highest BCUT2D eigenvalue weighted by molar-refractivity contribution is 6.02. The van der Waals surface area contributed by atoms with Crippen LogP contribution in [0.1, 0.15) is 18.4 Å². The number of oxime groups is 1. The zero-order valence-electron chi connectivity index (χ0n) is 10.2. The van der Waals surface area contributed by atoms with Crippen molar-refractivity contribution in [2.45, 2.75) is 18.9 Å². The molecule has 2 aliphatic rings. The van der Waals surface area contributed by atoms with E-state index < -0.39 is 5.97 Å². The molecule has 6 nitrogen and oxygen atoms in total. The quantitative estimate of drug-likeness (QED) is 0.892. The number of nitrogens with zero attached hydrogens (tertiary/aromatic N) is 1. The highest BCUT2D eigenvalue weighted by Crippen LogP contribution is 2.32. The largest absolute Gasteiger partial charge is 0.486 e. The molecule has 0 radical (unpaired) electrons. The first kappa shape index (κ1) is 11.8. The number of aliphatic carboxylic acids is 1. The Bertz CT molecular complexity index is 540. The van der Waals surface area contributed by atoms with E-state index in [0.29, 0.717) is 25.4 Å².